The van der Waals surface area contributed by atoms with Gasteiger partial charge in [0, 0.05) is 42.5 Å². The smallest absolute Gasteiger partial charge is 0.237 e. The number of rotatable bonds is 6. The Bertz CT molecular complexity index is 1020. The van der Waals surface area contributed by atoms with Crippen molar-refractivity contribution >= 4 is 33.3 Å². The summed E-state index contributed by atoms with van der Waals surface area (Å²) in [6, 6.07) is 3.81. The van der Waals surface area contributed by atoms with Crippen molar-refractivity contribution in [3.05, 3.63) is 35.0 Å². The molecule has 8 nitrogen and oxygen atoms in total. The minimum absolute atomic E-state index is 0.156. The second-order valence-electron chi connectivity index (χ2n) is 7.33. The summed E-state index contributed by atoms with van der Waals surface area (Å²) in [6.45, 7) is 2.93. The number of nitrogens with two attached hydrogens (primary N) is 1. The quantitative estimate of drug-likeness (QED) is 0.635. The van der Waals surface area contributed by atoms with Crippen molar-refractivity contribution < 1.29 is 4.79 Å². The van der Waals surface area contributed by atoms with Crippen LogP contribution in [0.15, 0.2) is 24.5 Å². The highest BCUT2D eigenvalue weighted by Gasteiger charge is 2.27. The summed E-state index contributed by atoms with van der Waals surface area (Å²) >= 11 is 1.65. The Labute approximate surface area is 173 Å². The average Bonchev–Trinajstić information content (AvgIpc) is 3.09. The number of amides is 1. The monoisotopic (exact) mass is 411 g/mol. The molecule has 152 valence electrons. The molecule has 1 aliphatic heterocycles. The van der Waals surface area contributed by atoms with Gasteiger partial charge in [-0.15, -0.1) is 11.3 Å². The van der Waals surface area contributed by atoms with E-state index in [0.29, 0.717) is 38.5 Å². The van der Waals surface area contributed by atoms with Crippen LogP contribution in [0.2, 0.25) is 0 Å². The second-order valence-corrected chi connectivity index (χ2v) is 8.42. The Hall–Kier alpha value is -2.62. The number of nitrogens with zero attached hydrogens (tertiary/aromatic N) is 5. The van der Waals surface area contributed by atoms with Gasteiger partial charge < -0.3 is 20.9 Å². The van der Waals surface area contributed by atoms with Gasteiger partial charge in [0.2, 0.25) is 5.91 Å². The number of anilines is 1. The van der Waals surface area contributed by atoms with Crippen LogP contribution < -0.4 is 11.1 Å². The van der Waals surface area contributed by atoms with Crippen molar-refractivity contribution in [2.45, 2.75) is 13.0 Å². The molecule has 3 aromatic rings. The van der Waals surface area contributed by atoms with Crippen LogP contribution in [0, 0.1) is 0 Å². The summed E-state index contributed by atoms with van der Waals surface area (Å²) in [7, 11) is 3.83. The van der Waals surface area contributed by atoms with Crippen LogP contribution in [0.4, 0.5) is 5.82 Å². The van der Waals surface area contributed by atoms with Crippen LogP contribution >= 0.6 is 11.3 Å². The minimum atomic E-state index is 0.156. The van der Waals surface area contributed by atoms with E-state index in [-0.39, 0.29) is 5.91 Å². The third-order valence-corrected chi connectivity index (χ3v) is 5.99. The van der Waals surface area contributed by atoms with Gasteiger partial charge in [-0.25, -0.2) is 9.97 Å². The lowest BCUT2D eigenvalue weighted by Crippen LogP contribution is -2.40. The highest BCUT2D eigenvalue weighted by atomic mass is 32.1. The first-order chi connectivity index (χ1) is 14.1. The molecule has 9 heteroatoms. The average molecular weight is 412 g/mol. The fraction of sp³-hybridized carbons (Fsp3) is 0.400. The Morgan fingerprint density at radius 3 is 2.83 bits per heavy atom. The Morgan fingerprint density at radius 1 is 1.31 bits per heavy atom. The van der Waals surface area contributed by atoms with E-state index < -0.39 is 0 Å². The standard InChI is InChI=1S/C20H25N7OS/c1-26(2)12-16(28)27-10-5-14-15(11-27)29-20-17(14)19(23-9-6-21)24-18(25-20)13-3-7-22-8-4-13/h3-4,7-8H,5-6,9-12,21H2,1-2H3,(H,23,24,25). The van der Waals surface area contributed by atoms with Crippen molar-refractivity contribution in [1.29, 1.82) is 0 Å². The number of carbonyl (C=O) groups is 1. The number of hydrogen-bond donors (Lipinski definition) is 2. The van der Waals surface area contributed by atoms with E-state index in [1.54, 1.807) is 23.7 Å². The molecular weight excluding hydrogens is 386 g/mol. The molecule has 1 aliphatic rings. The predicted molar refractivity (Wildman–Crippen MR) is 116 cm³/mol. The van der Waals surface area contributed by atoms with Gasteiger partial charge in [0.25, 0.3) is 0 Å². The highest BCUT2D eigenvalue weighted by Crippen LogP contribution is 2.38. The summed E-state index contributed by atoms with van der Waals surface area (Å²) in [5.41, 5.74) is 7.89. The number of pyridine rings is 1. The number of likely N-dealkylation sites (N-methyl/N-ethyl adjacent to an activating group) is 1. The van der Waals surface area contributed by atoms with Crippen LogP contribution in [-0.2, 0) is 17.8 Å². The molecule has 1 amide bonds. The molecule has 0 spiro atoms. The van der Waals surface area contributed by atoms with Gasteiger partial charge in [0.15, 0.2) is 5.82 Å². The summed E-state index contributed by atoms with van der Waals surface area (Å²) in [4.78, 5) is 32.2. The van der Waals surface area contributed by atoms with Crippen LogP contribution in [0.25, 0.3) is 21.6 Å². The van der Waals surface area contributed by atoms with Gasteiger partial charge in [-0.2, -0.15) is 0 Å². The number of aromatic nitrogens is 3. The summed E-state index contributed by atoms with van der Waals surface area (Å²) in [5, 5.41) is 4.44. The maximum Gasteiger partial charge on any atom is 0.237 e. The van der Waals surface area contributed by atoms with Gasteiger partial charge in [0.05, 0.1) is 18.5 Å². The van der Waals surface area contributed by atoms with Gasteiger partial charge in [-0.1, -0.05) is 0 Å². The van der Waals surface area contributed by atoms with Gasteiger partial charge in [-0.3, -0.25) is 9.78 Å². The van der Waals surface area contributed by atoms with Crippen LogP contribution in [0.3, 0.4) is 0 Å². The normalized spacial score (nSPS) is 13.7. The first kappa shape index (κ1) is 19.7. The van der Waals surface area contributed by atoms with Gasteiger partial charge in [0.1, 0.15) is 10.6 Å². The fourth-order valence-electron chi connectivity index (χ4n) is 3.53. The van der Waals surface area contributed by atoms with E-state index in [2.05, 4.69) is 10.3 Å². The summed E-state index contributed by atoms with van der Waals surface area (Å²) < 4.78 is 0. The Balaban J connectivity index is 1.74. The topological polar surface area (TPSA) is 100 Å². The van der Waals surface area contributed by atoms with Gasteiger partial charge >= 0.3 is 0 Å². The molecule has 0 atom stereocenters. The fourth-order valence-corrected chi connectivity index (χ4v) is 4.76. The predicted octanol–water partition coefficient (Wildman–Crippen LogP) is 1.57. The molecule has 0 saturated carbocycles. The van der Waals surface area contributed by atoms with Crippen molar-refractivity contribution in [1.82, 2.24) is 24.8 Å². The number of fused-ring (bicyclic) bond motifs is 3. The zero-order valence-corrected chi connectivity index (χ0v) is 17.5. The molecule has 0 radical (unpaired) electrons. The third kappa shape index (κ3) is 4.07. The van der Waals surface area contributed by atoms with Gasteiger partial charge in [-0.05, 0) is 38.2 Å². The number of hydrogen-bond acceptors (Lipinski definition) is 8. The van der Waals surface area contributed by atoms with E-state index in [1.807, 2.05) is 36.0 Å². The van der Waals surface area contributed by atoms with E-state index in [0.717, 1.165) is 28.0 Å². The maximum atomic E-state index is 12.5. The molecular formula is C20H25N7OS. The molecule has 3 N–H and O–H groups in total. The lowest BCUT2D eigenvalue weighted by molar-refractivity contribution is -0.132. The van der Waals surface area contributed by atoms with E-state index in [1.165, 1.54) is 10.4 Å². The number of carbonyl (C=O) groups excluding carboxylic acids is 1. The second kappa shape index (κ2) is 8.40. The van der Waals surface area contributed by atoms with Crippen LogP contribution in [0.1, 0.15) is 10.4 Å². The van der Waals surface area contributed by atoms with Crippen molar-refractivity contribution in [2.75, 3.05) is 45.6 Å². The minimum Gasteiger partial charge on any atom is -0.368 e. The molecule has 4 heterocycles. The summed E-state index contributed by atoms with van der Waals surface area (Å²) in [5.74, 6) is 1.64. The van der Waals surface area contributed by atoms with Crippen molar-refractivity contribution in [2.24, 2.45) is 5.73 Å². The number of thiophene rings is 1. The largest absolute Gasteiger partial charge is 0.368 e. The lowest BCUT2D eigenvalue weighted by Gasteiger charge is -2.28. The molecule has 29 heavy (non-hydrogen) atoms. The first-order valence-electron chi connectivity index (χ1n) is 9.66. The zero-order valence-electron chi connectivity index (χ0n) is 16.7. The molecule has 0 aromatic carbocycles. The maximum absolute atomic E-state index is 12.5. The Kier molecular flexibility index (Phi) is 5.70. The molecule has 0 bridgehead atoms. The molecule has 0 unspecified atom stereocenters. The van der Waals surface area contributed by atoms with Crippen LogP contribution in [0.5, 0.6) is 0 Å². The molecule has 0 saturated heterocycles. The third-order valence-electron chi connectivity index (χ3n) is 4.88. The van der Waals surface area contributed by atoms with Crippen LogP contribution in [-0.4, -0.2) is 70.9 Å². The van der Waals surface area contributed by atoms with E-state index >= 15 is 0 Å². The first-order valence-corrected chi connectivity index (χ1v) is 10.5. The molecule has 0 fully saturated rings. The SMILES string of the molecule is CN(C)CC(=O)N1CCc2c(sc3nc(-c4ccncc4)nc(NCCN)c23)C1. The number of nitrogens with one attached hydrogen (secondary N) is 1. The zero-order chi connectivity index (χ0) is 20.4. The van der Waals surface area contributed by atoms with Crippen molar-refractivity contribution in [3.63, 3.8) is 0 Å². The Morgan fingerprint density at radius 2 is 2.10 bits per heavy atom. The molecule has 4 rings (SSSR count). The lowest BCUT2D eigenvalue weighted by atomic mass is 10.0. The highest BCUT2D eigenvalue weighted by molar-refractivity contribution is 7.19. The van der Waals surface area contributed by atoms with E-state index in [9.17, 15) is 4.79 Å². The summed E-state index contributed by atoms with van der Waals surface area (Å²) in [6.07, 6.45) is 4.29. The van der Waals surface area contributed by atoms with Crippen molar-refractivity contribution in [3.8, 4) is 11.4 Å². The van der Waals surface area contributed by atoms with E-state index in [4.69, 9.17) is 15.7 Å². The molecule has 3 aromatic heterocycles. The molecule has 0 aliphatic carbocycles.